The Morgan fingerprint density at radius 3 is 2.56 bits per heavy atom. The van der Waals surface area contributed by atoms with Crippen LogP contribution in [0.25, 0.3) is 11.3 Å². The molecule has 0 radical (unpaired) electrons. The molecule has 2 heteroatoms. The summed E-state index contributed by atoms with van der Waals surface area (Å²) >= 11 is 0. The summed E-state index contributed by atoms with van der Waals surface area (Å²) in [7, 11) is 0. The van der Waals surface area contributed by atoms with E-state index in [2.05, 4.69) is 35.9 Å². The van der Waals surface area contributed by atoms with Crippen LogP contribution in [0.2, 0.25) is 0 Å². The molecule has 0 saturated heterocycles. The van der Waals surface area contributed by atoms with Crippen LogP contribution in [0.4, 0.5) is 0 Å². The molecular weight excluding hydrogens is 196 g/mol. The van der Waals surface area contributed by atoms with Crippen molar-refractivity contribution in [2.45, 2.75) is 26.7 Å². The summed E-state index contributed by atoms with van der Waals surface area (Å²) in [5.74, 6) is 0. The summed E-state index contributed by atoms with van der Waals surface area (Å²) in [4.78, 5) is 8.69. The van der Waals surface area contributed by atoms with E-state index in [-0.39, 0.29) is 0 Å². The van der Waals surface area contributed by atoms with Crippen LogP contribution in [0.1, 0.15) is 25.0 Å². The molecule has 0 bridgehead atoms. The Hall–Kier alpha value is -1.70. The van der Waals surface area contributed by atoms with E-state index in [4.69, 9.17) is 0 Å². The molecule has 0 spiro atoms. The highest BCUT2D eigenvalue weighted by atomic mass is 14.7. The molecule has 2 aromatic rings. The lowest BCUT2D eigenvalue weighted by atomic mass is 10.00. The number of nitrogens with zero attached hydrogens (tertiary/aromatic N) is 2. The second-order valence-electron chi connectivity index (χ2n) is 3.75. The van der Waals surface area contributed by atoms with Gasteiger partial charge in [0.25, 0.3) is 0 Å². The van der Waals surface area contributed by atoms with Gasteiger partial charge in [-0.3, -0.25) is 9.97 Å². The predicted octanol–water partition coefficient (Wildman–Crippen LogP) is 3.27. The van der Waals surface area contributed by atoms with Gasteiger partial charge in [0.15, 0.2) is 0 Å². The van der Waals surface area contributed by atoms with Crippen molar-refractivity contribution >= 4 is 0 Å². The van der Waals surface area contributed by atoms with Crippen molar-refractivity contribution in [3.8, 4) is 11.3 Å². The Balaban J connectivity index is 2.58. The second kappa shape index (κ2) is 4.88. The quantitative estimate of drug-likeness (QED) is 0.780. The normalized spacial score (nSPS) is 10.4. The van der Waals surface area contributed by atoms with E-state index in [1.165, 1.54) is 16.7 Å². The Morgan fingerprint density at radius 1 is 1.00 bits per heavy atom. The molecular formula is C14H16N2. The van der Waals surface area contributed by atoms with Gasteiger partial charge >= 0.3 is 0 Å². The summed E-state index contributed by atoms with van der Waals surface area (Å²) in [6, 6.07) is 6.20. The minimum atomic E-state index is 1.00. The largest absolute Gasteiger partial charge is 0.264 e. The van der Waals surface area contributed by atoms with Crippen LogP contribution < -0.4 is 0 Å². The van der Waals surface area contributed by atoms with Crippen molar-refractivity contribution in [1.29, 1.82) is 0 Å². The lowest BCUT2D eigenvalue weighted by Gasteiger charge is -2.09. The van der Waals surface area contributed by atoms with Crippen LogP contribution in [0.15, 0.2) is 36.8 Å². The lowest BCUT2D eigenvalue weighted by Crippen LogP contribution is -1.95. The minimum Gasteiger partial charge on any atom is -0.264 e. The maximum absolute atomic E-state index is 4.49. The first-order valence-corrected chi connectivity index (χ1v) is 5.74. The predicted molar refractivity (Wildman–Crippen MR) is 66.2 cm³/mol. The molecule has 0 aromatic carbocycles. The van der Waals surface area contributed by atoms with Gasteiger partial charge in [0.05, 0.1) is 5.69 Å². The number of rotatable bonds is 3. The first-order chi connectivity index (χ1) is 7.86. The lowest BCUT2D eigenvalue weighted by molar-refractivity contribution is 1.08. The molecule has 0 aliphatic carbocycles. The number of aryl methyl sites for hydroxylation is 2. The van der Waals surface area contributed by atoms with Gasteiger partial charge in [-0.2, -0.15) is 0 Å². The Kier molecular flexibility index (Phi) is 3.30. The topological polar surface area (TPSA) is 25.8 Å². The van der Waals surface area contributed by atoms with E-state index in [1.807, 2.05) is 24.7 Å². The van der Waals surface area contributed by atoms with Crippen molar-refractivity contribution in [2.75, 3.05) is 0 Å². The average molecular weight is 212 g/mol. The van der Waals surface area contributed by atoms with Crippen molar-refractivity contribution in [3.63, 3.8) is 0 Å². The van der Waals surface area contributed by atoms with Crippen LogP contribution >= 0.6 is 0 Å². The van der Waals surface area contributed by atoms with Gasteiger partial charge in [0, 0.05) is 24.2 Å². The van der Waals surface area contributed by atoms with E-state index < -0.39 is 0 Å². The zero-order valence-corrected chi connectivity index (χ0v) is 9.77. The van der Waals surface area contributed by atoms with E-state index in [1.54, 1.807) is 0 Å². The molecule has 0 fully saturated rings. The third kappa shape index (κ3) is 1.96. The maximum Gasteiger partial charge on any atom is 0.0752 e. The molecule has 0 amide bonds. The monoisotopic (exact) mass is 212 g/mol. The van der Waals surface area contributed by atoms with Crippen LogP contribution in [0.5, 0.6) is 0 Å². The fraction of sp³-hybridized carbons (Fsp3) is 0.286. The molecule has 0 aliphatic rings. The van der Waals surface area contributed by atoms with Gasteiger partial charge < -0.3 is 0 Å². The van der Waals surface area contributed by atoms with Gasteiger partial charge in [0.1, 0.15) is 0 Å². The summed E-state index contributed by atoms with van der Waals surface area (Å²) < 4.78 is 0. The highest BCUT2D eigenvalue weighted by molar-refractivity contribution is 5.65. The van der Waals surface area contributed by atoms with E-state index in [0.29, 0.717) is 0 Å². The molecule has 16 heavy (non-hydrogen) atoms. The van der Waals surface area contributed by atoms with Crippen LogP contribution in [0, 0.1) is 0 Å². The van der Waals surface area contributed by atoms with Gasteiger partial charge in [-0.05, 0) is 36.1 Å². The highest BCUT2D eigenvalue weighted by Gasteiger charge is 2.08. The average Bonchev–Trinajstić information content (AvgIpc) is 2.38. The van der Waals surface area contributed by atoms with E-state index in [9.17, 15) is 0 Å². The Morgan fingerprint density at radius 2 is 1.81 bits per heavy atom. The SMILES string of the molecule is CCc1ccncc1-c1ncccc1CC. The maximum atomic E-state index is 4.49. The molecule has 2 aromatic heterocycles. The Labute approximate surface area is 96.4 Å². The van der Waals surface area contributed by atoms with Gasteiger partial charge in [0.2, 0.25) is 0 Å². The zero-order valence-electron chi connectivity index (χ0n) is 9.77. The smallest absolute Gasteiger partial charge is 0.0752 e. The highest BCUT2D eigenvalue weighted by Crippen LogP contribution is 2.24. The first-order valence-electron chi connectivity index (χ1n) is 5.74. The first kappa shape index (κ1) is 10.8. The molecule has 2 heterocycles. The van der Waals surface area contributed by atoms with Crippen LogP contribution in [-0.2, 0) is 12.8 Å². The fourth-order valence-corrected chi connectivity index (χ4v) is 1.91. The number of pyridine rings is 2. The summed E-state index contributed by atoms with van der Waals surface area (Å²) in [5.41, 5.74) is 4.84. The van der Waals surface area contributed by atoms with Gasteiger partial charge in [-0.25, -0.2) is 0 Å². The molecule has 0 unspecified atom stereocenters. The molecule has 0 aliphatic heterocycles. The molecule has 0 saturated carbocycles. The number of hydrogen-bond acceptors (Lipinski definition) is 2. The minimum absolute atomic E-state index is 1.00. The van der Waals surface area contributed by atoms with Gasteiger partial charge in [-0.15, -0.1) is 0 Å². The second-order valence-corrected chi connectivity index (χ2v) is 3.75. The number of aromatic nitrogens is 2. The Bertz CT molecular complexity index is 432. The molecule has 2 rings (SSSR count). The standard InChI is InChI=1S/C14H16N2/c1-3-11-7-9-15-10-13(11)14-12(4-2)6-5-8-16-14/h5-10H,3-4H2,1-2H3. The van der Waals surface area contributed by atoms with Crippen molar-refractivity contribution in [1.82, 2.24) is 9.97 Å². The molecule has 82 valence electrons. The third-order valence-electron chi connectivity index (χ3n) is 2.82. The van der Waals surface area contributed by atoms with E-state index in [0.717, 1.165) is 18.5 Å². The van der Waals surface area contributed by atoms with Crippen molar-refractivity contribution < 1.29 is 0 Å². The number of hydrogen-bond donors (Lipinski definition) is 0. The van der Waals surface area contributed by atoms with Crippen LogP contribution in [0.3, 0.4) is 0 Å². The zero-order chi connectivity index (χ0) is 11.4. The van der Waals surface area contributed by atoms with Crippen molar-refractivity contribution in [3.05, 3.63) is 47.9 Å². The van der Waals surface area contributed by atoms with Gasteiger partial charge in [-0.1, -0.05) is 19.9 Å². The molecule has 2 nitrogen and oxygen atoms in total. The fourth-order valence-electron chi connectivity index (χ4n) is 1.91. The third-order valence-corrected chi connectivity index (χ3v) is 2.82. The van der Waals surface area contributed by atoms with Crippen LogP contribution in [-0.4, -0.2) is 9.97 Å². The summed E-state index contributed by atoms with van der Waals surface area (Å²) in [5, 5.41) is 0. The summed E-state index contributed by atoms with van der Waals surface area (Å²) in [6.45, 7) is 4.32. The molecule has 0 N–H and O–H groups in total. The van der Waals surface area contributed by atoms with E-state index >= 15 is 0 Å². The molecule has 0 atom stereocenters. The summed E-state index contributed by atoms with van der Waals surface area (Å²) in [6.07, 6.45) is 7.62. The van der Waals surface area contributed by atoms with Crippen molar-refractivity contribution in [2.24, 2.45) is 0 Å².